The number of ether oxygens (including phenoxy) is 2. The maximum Gasteiger partial charge on any atom is 0.417 e. The molecular formula is C16H19F3N2O5. The Hall–Kier alpha value is -2.49. The van der Waals surface area contributed by atoms with Crippen molar-refractivity contribution in [2.24, 2.45) is 0 Å². The number of nitrogens with one attached hydrogen (secondary N) is 1. The Morgan fingerprint density at radius 3 is 2.46 bits per heavy atom. The number of phenols is 1. The number of nitrogens with zero attached hydrogens (tertiary/aromatic N) is 1. The maximum absolute atomic E-state index is 13.4. The van der Waals surface area contributed by atoms with E-state index in [0.717, 1.165) is 20.0 Å². The SMILES string of the molecule is COCCN(C(=O)NC1CC1)C(=O)c1cc(O)c(OC)cc1C(F)(F)F. The van der Waals surface area contributed by atoms with E-state index in [0.29, 0.717) is 17.0 Å². The molecule has 0 bridgehead atoms. The van der Waals surface area contributed by atoms with E-state index in [4.69, 9.17) is 4.74 Å². The van der Waals surface area contributed by atoms with Gasteiger partial charge in [-0.3, -0.25) is 9.69 Å². The zero-order chi connectivity index (χ0) is 19.5. The number of hydrogen-bond acceptors (Lipinski definition) is 5. The van der Waals surface area contributed by atoms with E-state index in [1.165, 1.54) is 7.11 Å². The molecule has 26 heavy (non-hydrogen) atoms. The van der Waals surface area contributed by atoms with Crippen molar-refractivity contribution in [1.82, 2.24) is 10.2 Å². The van der Waals surface area contributed by atoms with Crippen LogP contribution in [-0.2, 0) is 10.9 Å². The third kappa shape index (κ3) is 4.57. The molecule has 1 aromatic carbocycles. The normalized spacial score (nSPS) is 14.0. The second kappa shape index (κ2) is 7.81. The number of hydrogen-bond donors (Lipinski definition) is 2. The molecule has 1 aromatic rings. The fraction of sp³-hybridized carbons (Fsp3) is 0.500. The molecule has 1 fully saturated rings. The quantitative estimate of drug-likeness (QED) is 0.796. The van der Waals surface area contributed by atoms with E-state index in [9.17, 15) is 27.9 Å². The summed E-state index contributed by atoms with van der Waals surface area (Å²) in [7, 11) is 2.42. The van der Waals surface area contributed by atoms with Crippen molar-refractivity contribution in [2.75, 3.05) is 27.4 Å². The number of carbonyl (C=O) groups excluding carboxylic acids is 2. The van der Waals surface area contributed by atoms with Crippen molar-refractivity contribution >= 4 is 11.9 Å². The molecular weight excluding hydrogens is 357 g/mol. The van der Waals surface area contributed by atoms with Crippen molar-refractivity contribution < 1.29 is 37.3 Å². The van der Waals surface area contributed by atoms with E-state index in [-0.39, 0.29) is 19.2 Å². The lowest BCUT2D eigenvalue weighted by Gasteiger charge is -2.23. The summed E-state index contributed by atoms with van der Waals surface area (Å²) in [5.74, 6) is -2.26. The summed E-state index contributed by atoms with van der Waals surface area (Å²) in [5.41, 5.74) is -2.16. The van der Waals surface area contributed by atoms with E-state index >= 15 is 0 Å². The number of rotatable bonds is 6. The number of imide groups is 1. The number of aromatic hydroxyl groups is 1. The first-order chi connectivity index (χ1) is 12.2. The number of phenolic OH excluding ortho intramolecular Hbond substituents is 1. The molecule has 7 nitrogen and oxygen atoms in total. The van der Waals surface area contributed by atoms with Gasteiger partial charge in [0.15, 0.2) is 11.5 Å². The van der Waals surface area contributed by atoms with Gasteiger partial charge in [0.2, 0.25) is 0 Å². The van der Waals surface area contributed by atoms with E-state index in [2.05, 4.69) is 10.1 Å². The summed E-state index contributed by atoms with van der Waals surface area (Å²) >= 11 is 0. The lowest BCUT2D eigenvalue weighted by Crippen LogP contribution is -2.46. The minimum absolute atomic E-state index is 0.0483. The number of halogens is 3. The number of benzene rings is 1. The predicted octanol–water partition coefficient (Wildman–Crippen LogP) is 2.38. The first kappa shape index (κ1) is 19.8. The van der Waals surface area contributed by atoms with Gasteiger partial charge in [-0.1, -0.05) is 0 Å². The third-order valence-corrected chi connectivity index (χ3v) is 3.77. The Kier molecular flexibility index (Phi) is 5.96. The van der Waals surface area contributed by atoms with Gasteiger partial charge in [0.05, 0.1) is 31.4 Å². The topological polar surface area (TPSA) is 88.1 Å². The van der Waals surface area contributed by atoms with Gasteiger partial charge in [-0.25, -0.2) is 4.79 Å². The second-order valence-electron chi connectivity index (χ2n) is 5.74. The molecule has 0 atom stereocenters. The molecule has 0 heterocycles. The van der Waals surface area contributed by atoms with Crippen molar-refractivity contribution in [2.45, 2.75) is 25.1 Å². The van der Waals surface area contributed by atoms with Gasteiger partial charge in [0.1, 0.15) is 0 Å². The first-order valence-electron chi connectivity index (χ1n) is 7.78. The van der Waals surface area contributed by atoms with Crippen LogP contribution >= 0.6 is 0 Å². The average Bonchev–Trinajstić information content (AvgIpc) is 3.37. The van der Waals surface area contributed by atoms with Crippen molar-refractivity contribution in [3.05, 3.63) is 23.3 Å². The third-order valence-electron chi connectivity index (χ3n) is 3.77. The molecule has 10 heteroatoms. The van der Waals surface area contributed by atoms with Crippen LogP contribution in [0.1, 0.15) is 28.8 Å². The summed E-state index contributed by atoms with van der Waals surface area (Å²) in [6, 6.07) is 0.272. The molecule has 0 aliphatic heterocycles. The van der Waals surface area contributed by atoms with Gasteiger partial charge < -0.3 is 19.9 Å². The molecule has 0 spiro atoms. The number of methoxy groups -OCH3 is 2. The lowest BCUT2D eigenvalue weighted by molar-refractivity contribution is -0.138. The van der Waals surface area contributed by atoms with Gasteiger partial charge in [-0.15, -0.1) is 0 Å². The molecule has 144 valence electrons. The molecule has 1 aliphatic carbocycles. The second-order valence-corrected chi connectivity index (χ2v) is 5.74. The minimum Gasteiger partial charge on any atom is -0.504 e. The lowest BCUT2D eigenvalue weighted by atomic mass is 10.0. The standard InChI is InChI=1S/C16H19F3N2O5/c1-25-6-5-21(15(24)20-9-3-4-9)14(23)10-7-12(22)13(26-2)8-11(10)16(17,18)19/h7-9,22H,3-6H2,1-2H3,(H,20,24). The van der Waals surface area contributed by atoms with Crippen LogP contribution < -0.4 is 10.1 Å². The van der Waals surface area contributed by atoms with E-state index < -0.39 is 40.7 Å². The Morgan fingerprint density at radius 2 is 1.96 bits per heavy atom. The highest BCUT2D eigenvalue weighted by Gasteiger charge is 2.39. The van der Waals surface area contributed by atoms with Crippen LogP contribution in [0.15, 0.2) is 12.1 Å². The van der Waals surface area contributed by atoms with Crippen LogP contribution in [0.25, 0.3) is 0 Å². The highest BCUT2D eigenvalue weighted by molar-refractivity contribution is 6.05. The van der Waals surface area contributed by atoms with E-state index in [1.807, 2.05) is 0 Å². The van der Waals surface area contributed by atoms with E-state index in [1.54, 1.807) is 0 Å². The average molecular weight is 376 g/mol. The highest BCUT2D eigenvalue weighted by atomic mass is 19.4. The number of urea groups is 1. The van der Waals surface area contributed by atoms with Gasteiger partial charge >= 0.3 is 12.2 Å². The van der Waals surface area contributed by atoms with Crippen LogP contribution in [0, 0.1) is 0 Å². The molecule has 1 saturated carbocycles. The largest absolute Gasteiger partial charge is 0.504 e. The molecule has 2 N–H and O–H groups in total. The minimum atomic E-state index is -4.88. The fourth-order valence-corrected chi connectivity index (χ4v) is 2.25. The number of alkyl halides is 3. The van der Waals surface area contributed by atoms with Gasteiger partial charge in [0.25, 0.3) is 5.91 Å². The van der Waals surface area contributed by atoms with Gasteiger partial charge in [0, 0.05) is 13.2 Å². The fourth-order valence-electron chi connectivity index (χ4n) is 2.25. The van der Waals surface area contributed by atoms with Gasteiger partial charge in [-0.2, -0.15) is 13.2 Å². The Labute approximate surface area is 147 Å². The molecule has 0 radical (unpaired) electrons. The van der Waals surface area contributed by atoms with Crippen molar-refractivity contribution in [3.8, 4) is 11.5 Å². The number of amides is 3. The summed E-state index contributed by atoms with van der Waals surface area (Å²) in [5, 5.41) is 12.3. The zero-order valence-corrected chi connectivity index (χ0v) is 14.2. The van der Waals surface area contributed by atoms with Crippen LogP contribution in [0.3, 0.4) is 0 Å². The van der Waals surface area contributed by atoms with Crippen LogP contribution in [0.5, 0.6) is 11.5 Å². The molecule has 3 amide bonds. The van der Waals surface area contributed by atoms with Gasteiger partial charge in [-0.05, 0) is 25.0 Å². The molecule has 0 saturated heterocycles. The Bertz CT molecular complexity index is 689. The van der Waals surface area contributed by atoms with Crippen LogP contribution in [0.2, 0.25) is 0 Å². The molecule has 2 rings (SSSR count). The van der Waals surface area contributed by atoms with Crippen LogP contribution in [0.4, 0.5) is 18.0 Å². The summed E-state index contributed by atoms with van der Waals surface area (Å²) < 4.78 is 49.6. The molecule has 1 aliphatic rings. The van der Waals surface area contributed by atoms with Crippen molar-refractivity contribution in [3.63, 3.8) is 0 Å². The van der Waals surface area contributed by atoms with Crippen molar-refractivity contribution in [1.29, 1.82) is 0 Å². The molecule has 0 aromatic heterocycles. The molecule has 0 unspecified atom stereocenters. The predicted molar refractivity (Wildman–Crippen MR) is 84.1 cm³/mol. The highest BCUT2D eigenvalue weighted by Crippen LogP contribution is 2.39. The van der Waals surface area contributed by atoms with Crippen LogP contribution in [-0.4, -0.2) is 55.4 Å². The number of carbonyl (C=O) groups is 2. The summed E-state index contributed by atoms with van der Waals surface area (Å²) in [6.07, 6.45) is -3.39. The smallest absolute Gasteiger partial charge is 0.417 e. The maximum atomic E-state index is 13.4. The Balaban J connectivity index is 2.42. The zero-order valence-electron chi connectivity index (χ0n) is 14.2. The summed E-state index contributed by atoms with van der Waals surface area (Å²) in [6.45, 7) is -0.286. The monoisotopic (exact) mass is 376 g/mol. The first-order valence-corrected chi connectivity index (χ1v) is 7.78. The Morgan fingerprint density at radius 1 is 1.31 bits per heavy atom. The summed E-state index contributed by atoms with van der Waals surface area (Å²) in [4.78, 5) is 25.6.